The molecule has 98 valence electrons. The second kappa shape index (κ2) is 5.53. The minimum atomic E-state index is -0.0294. The van der Waals surface area contributed by atoms with E-state index in [4.69, 9.17) is 0 Å². The maximum Gasteiger partial charge on any atom is 0.224 e. The van der Waals surface area contributed by atoms with Gasteiger partial charge in [0.1, 0.15) is 0 Å². The topological polar surface area (TPSA) is 32.3 Å². The Morgan fingerprint density at radius 1 is 1.28 bits per heavy atom. The molecular weight excluding hydrogens is 224 g/mol. The van der Waals surface area contributed by atoms with E-state index < -0.39 is 0 Å². The van der Waals surface area contributed by atoms with Crippen molar-refractivity contribution in [1.82, 2.24) is 10.2 Å². The molecule has 1 heterocycles. The van der Waals surface area contributed by atoms with Gasteiger partial charge in [-0.2, -0.15) is 0 Å². The summed E-state index contributed by atoms with van der Waals surface area (Å²) in [7, 11) is 2.13. The van der Waals surface area contributed by atoms with Gasteiger partial charge in [-0.05, 0) is 32.4 Å². The zero-order chi connectivity index (χ0) is 13.0. The molecule has 1 aliphatic heterocycles. The van der Waals surface area contributed by atoms with Crippen molar-refractivity contribution in [3.8, 4) is 0 Å². The molecule has 1 N–H and O–H groups in total. The van der Waals surface area contributed by atoms with Crippen LogP contribution in [0.15, 0.2) is 30.3 Å². The average molecular weight is 246 g/mol. The van der Waals surface area contributed by atoms with Crippen molar-refractivity contribution < 1.29 is 4.79 Å². The molecule has 0 spiro atoms. The summed E-state index contributed by atoms with van der Waals surface area (Å²) in [6, 6.07) is 9.91. The third-order valence-electron chi connectivity index (χ3n) is 3.74. The number of rotatable bonds is 3. The van der Waals surface area contributed by atoms with Crippen molar-refractivity contribution in [1.29, 1.82) is 0 Å². The normalized spacial score (nSPS) is 19.4. The van der Waals surface area contributed by atoms with Crippen molar-refractivity contribution in [2.75, 3.05) is 20.1 Å². The number of hydrogen-bond donors (Lipinski definition) is 1. The monoisotopic (exact) mass is 246 g/mol. The molecule has 0 aromatic heterocycles. The minimum Gasteiger partial charge on any atom is -0.351 e. The minimum absolute atomic E-state index is 0.0294. The molecule has 1 saturated heterocycles. The molecule has 0 bridgehead atoms. The second-order valence-corrected chi connectivity index (χ2v) is 5.57. The molecule has 0 saturated carbocycles. The summed E-state index contributed by atoms with van der Waals surface area (Å²) < 4.78 is 0. The number of piperidine rings is 1. The Labute approximate surface area is 109 Å². The van der Waals surface area contributed by atoms with Crippen LogP contribution >= 0.6 is 0 Å². The molecule has 1 amide bonds. The van der Waals surface area contributed by atoms with E-state index in [1.165, 1.54) is 0 Å². The molecule has 3 heteroatoms. The number of benzene rings is 1. The van der Waals surface area contributed by atoms with E-state index >= 15 is 0 Å². The largest absolute Gasteiger partial charge is 0.351 e. The van der Waals surface area contributed by atoms with Gasteiger partial charge in [0.05, 0.1) is 6.42 Å². The zero-order valence-corrected chi connectivity index (χ0v) is 11.3. The van der Waals surface area contributed by atoms with Gasteiger partial charge in [0.25, 0.3) is 0 Å². The summed E-state index contributed by atoms with van der Waals surface area (Å²) in [5, 5.41) is 3.20. The molecule has 1 aliphatic rings. The van der Waals surface area contributed by atoms with Crippen LogP contribution in [0.2, 0.25) is 0 Å². The average Bonchev–Trinajstić information content (AvgIpc) is 2.34. The lowest BCUT2D eigenvalue weighted by Gasteiger charge is -2.38. The van der Waals surface area contributed by atoms with Crippen molar-refractivity contribution in [2.45, 2.75) is 31.7 Å². The van der Waals surface area contributed by atoms with Crippen LogP contribution in [-0.4, -0.2) is 36.5 Å². The maximum atomic E-state index is 12.0. The van der Waals surface area contributed by atoms with Crippen molar-refractivity contribution >= 4 is 5.91 Å². The van der Waals surface area contributed by atoms with Crippen LogP contribution in [0.1, 0.15) is 25.3 Å². The molecule has 0 radical (unpaired) electrons. The smallest absolute Gasteiger partial charge is 0.224 e. The number of likely N-dealkylation sites (tertiary alicyclic amines) is 1. The molecular formula is C15H22N2O. The molecule has 0 aliphatic carbocycles. The van der Waals surface area contributed by atoms with E-state index in [-0.39, 0.29) is 11.4 Å². The lowest BCUT2D eigenvalue weighted by molar-refractivity contribution is -0.122. The standard InChI is InChI=1S/C15H22N2O/c1-15(8-10-17(2)11-9-15)16-14(18)12-13-6-4-3-5-7-13/h3-7H,8-12H2,1-2H3,(H,16,18). The fourth-order valence-electron chi connectivity index (χ4n) is 2.40. The third-order valence-corrected chi connectivity index (χ3v) is 3.74. The van der Waals surface area contributed by atoms with Gasteiger partial charge in [-0.3, -0.25) is 4.79 Å². The summed E-state index contributed by atoms with van der Waals surface area (Å²) >= 11 is 0. The Kier molecular flexibility index (Phi) is 4.02. The highest BCUT2D eigenvalue weighted by atomic mass is 16.1. The van der Waals surface area contributed by atoms with Crippen LogP contribution in [0.25, 0.3) is 0 Å². The van der Waals surface area contributed by atoms with Gasteiger partial charge in [-0.15, -0.1) is 0 Å². The van der Waals surface area contributed by atoms with Crippen molar-refractivity contribution in [3.63, 3.8) is 0 Å². The third kappa shape index (κ3) is 3.57. The summed E-state index contributed by atoms with van der Waals surface area (Å²) in [5.74, 6) is 0.133. The molecule has 0 unspecified atom stereocenters. The van der Waals surface area contributed by atoms with E-state index in [2.05, 4.69) is 24.2 Å². The molecule has 3 nitrogen and oxygen atoms in total. The molecule has 0 atom stereocenters. The van der Waals surface area contributed by atoms with E-state index in [1.54, 1.807) is 0 Å². The Hall–Kier alpha value is -1.35. The number of carbonyl (C=O) groups excluding carboxylic acids is 1. The lowest BCUT2D eigenvalue weighted by Crippen LogP contribution is -2.53. The van der Waals surface area contributed by atoms with Crippen LogP contribution in [0.4, 0.5) is 0 Å². The van der Waals surface area contributed by atoms with Crippen LogP contribution < -0.4 is 5.32 Å². The summed E-state index contributed by atoms with van der Waals surface area (Å²) in [6.45, 7) is 4.27. The zero-order valence-electron chi connectivity index (χ0n) is 11.3. The highest BCUT2D eigenvalue weighted by Crippen LogP contribution is 2.20. The van der Waals surface area contributed by atoms with E-state index in [1.807, 2.05) is 30.3 Å². The van der Waals surface area contributed by atoms with Gasteiger partial charge in [0.2, 0.25) is 5.91 Å². The summed E-state index contributed by atoms with van der Waals surface area (Å²) in [6.07, 6.45) is 2.54. The summed E-state index contributed by atoms with van der Waals surface area (Å²) in [4.78, 5) is 14.4. The molecule has 1 aromatic rings. The quantitative estimate of drug-likeness (QED) is 0.882. The Morgan fingerprint density at radius 2 is 1.89 bits per heavy atom. The van der Waals surface area contributed by atoms with Crippen molar-refractivity contribution in [2.24, 2.45) is 0 Å². The molecule has 1 aromatic carbocycles. The highest BCUT2D eigenvalue weighted by molar-refractivity contribution is 5.79. The van der Waals surface area contributed by atoms with Gasteiger partial charge in [0.15, 0.2) is 0 Å². The first-order chi connectivity index (χ1) is 8.57. The maximum absolute atomic E-state index is 12.0. The number of nitrogens with one attached hydrogen (secondary N) is 1. The van der Waals surface area contributed by atoms with E-state index in [9.17, 15) is 4.79 Å². The van der Waals surface area contributed by atoms with Gasteiger partial charge in [0, 0.05) is 18.6 Å². The van der Waals surface area contributed by atoms with Crippen LogP contribution in [0.5, 0.6) is 0 Å². The fraction of sp³-hybridized carbons (Fsp3) is 0.533. The lowest BCUT2D eigenvalue weighted by atomic mass is 9.89. The van der Waals surface area contributed by atoms with Gasteiger partial charge in [-0.25, -0.2) is 0 Å². The summed E-state index contributed by atoms with van der Waals surface area (Å²) in [5.41, 5.74) is 1.05. The van der Waals surface area contributed by atoms with Gasteiger partial charge < -0.3 is 10.2 Å². The fourth-order valence-corrected chi connectivity index (χ4v) is 2.40. The number of nitrogens with zero attached hydrogens (tertiary/aromatic N) is 1. The highest BCUT2D eigenvalue weighted by Gasteiger charge is 2.29. The van der Waals surface area contributed by atoms with Gasteiger partial charge >= 0.3 is 0 Å². The number of carbonyl (C=O) groups is 1. The van der Waals surface area contributed by atoms with Crippen molar-refractivity contribution in [3.05, 3.63) is 35.9 Å². The first-order valence-corrected chi connectivity index (χ1v) is 6.61. The first-order valence-electron chi connectivity index (χ1n) is 6.61. The van der Waals surface area contributed by atoms with E-state index in [0.29, 0.717) is 6.42 Å². The molecule has 18 heavy (non-hydrogen) atoms. The van der Waals surface area contributed by atoms with E-state index in [0.717, 1.165) is 31.5 Å². The van der Waals surface area contributed by atoms with Gasteiger partial charge in [-0.1, -0.05) is 30.3 Å². The Bertz CT molecular complexity index is 394. The SMILES string of the molecule is CN1CCC(C)(NC(=O)Cc2ccccc2)CC1. The van der Waals surface area contributed by atoms with Crippen LogP contribution in [0.3, 0.4) is 0 Å². The first kappa shape index (κ1) is 13.1. The Morgan fingerprint density at radius 3 is 2.50 bits per heavy atom. The predicted octanol–water partition coefficient (Wildman–Crippen LogP) is 1.83. The molecule has 1 fully saturated rings. The predicted molar refractivity (Wildman–Crippen MR) is 73.4 cm³/mol. The second-order valence-electron chi connectivity index (χ2n) is 5.57. The number of amides is 1. The molecule has 2 rings (SSSR count). The Balaban J connectivity index is 1.87. The number of hydrogen-bond acceptors (Lipinski definition) is 2. The van der Waals surface area contributed by atoms with Crippen LogP contribution in [0, 0.1) is 0 Å². The van der Waals surface area contributed by atoms with Crippen LogP contribution in [-0.2, 0) is 11.2 Å².